The van der Waals surface area contributed by atoms with Crippen molar-refractivity contribution in [2.24, 2.45) is 0 Å². The molecule has 5 nitrogen and oxygen atoms in total. The van der Waals surface area contributed by atoms with Crippen molar-refractivity contribution < 1.29 is 4.79 Å². The smallest absolute Gasteiger partial charge is 0.230 e. The minimum atomic E-state index is 0.0287. The molecular weight excluding hydrogens is 332 g/mol. The molecule has 1 aromatic heterocycles. The second kappa shape index (κ2) is 8.04. The highest BCUT2D eigenvalue weighted by Crippen LogP contribution is 2.28. The van der Waals surface area contributed by atoms with Crippen LogP contribution in [0.3, 0.4) is 0 Å². The standard InChI is InChI=1S/C19H26N4OS/c1-4-23-18(16-10-9-14-7-5-6-8-15(14)11-16)21-22-19(23)25-12-17(24)20-13(2)3/h9-11,13H,4-8,12H2,1-3H3,(H,20,24). The maximum Gasteiger partial charge on any atom is 0.230 e. The Kier molecular flexibility index (Phi) is 5.78. The van der Waals surface area contributed by atoms with Crippen LogP contribution in [0.5, 0.6) is 0 Å². The molecule has 0 atom stereocenters. The molecule has 6 heteroatoms. The number of thioether (sulfide) groups is 1. The van der Waals surface area contributed by atoms with Crippen LogP contribution in [0.25, 0.3) is 11.4 Å². The zero-order chi connectivity index (χ0) is 17.8. The first-order valence-electron chi connectivity index (χ1n) is 9.06. The molecule has 0 saturated heterocycles. The third kappa shape index (κ3) is 4.24. The molecule has 0 spiro atoms. The van der Waals surface area contributed by atoms with Gasteiger partial charge in [0.15, 0.2) is 11.0 Å². The van der Waals surface area contributed by atoms with E-state index in [1.54, 1.807) is 0 Å². The van der Waals surface area contributed by atoms with Gasteiger partial charge in [-0.25, -0.2) is 0 Å². The topological polar surface area (TPSA) is 59.8 Å². The summed E-state index contributed by atoms with van der Waals surface area (Å²) in [7, 11) is 0. The first-order chi connectivity index (χ1) is 12.1. The number of nitrogens with zero attached hydrogens (tertiary/aromatic N) is 3. The van der Waals surface area contributed by atoms with E-state index >= 15 is 0 Å². The fraction of sp³-hybridized carbons (Fsp3) is 0.526. The minimum Gasteiger partial charge on any atom is -0.353 e. The number of hydrogen-bond acceptors (Lipinski definition) is 4. The number of carbonyl (C=O) groups is 1. The molecule has 0 unspecified atom stereocenters. The van der Waals surface area contributed by atoms with E-state index in [0.29, 0.717) is 5.75 Å². The van der Waals surface area contributed by atoms with Crippen molar-refractivity contribution in [1.29, 1.82) is 0 Å². The Balaban J connectivity index is 1.79. The third-order valence-corrected chi connectivity index (χ3v) is 5.39. The van der Waals surface area contributed by atoms with Crippen molar-refractivity contribution in [2.45, 2.75) is 64.2 Å². The highest BCUT2D eigenvalue weighted by atomic mass is 32.2. The van der Waals surface area contributed by atoms with Crippen molar-refractivity contribution in [1.82, 2.24) is 20.1 Å². The number of hydrogen-bond donors (Lipinski definition) is 1. The van der Waals surface area contributed by atoms with Gasteiger partial charge in [-0.05, 0) is 63.6 Å². The SMILES string of the molecule is CCn1c(SCC(=O)NC(C)C)nnc1-c1ccc2c(c1)CCCC2. The van der Waals surface area contributed by atoms with Crippen LogP contribution in [-0.2, 0) is 24.2 Å². The third-order valence-electron chi connectivity index (χ3n) is 4.42. The number of fused-ring (bicyclic) bond motifs is 1. The van der Waals surface area contributed by atoms with Crippen LogP contribution < -0.4 is 5.32 Å². The van der Waals surface area contributed by atoms with Crippen molar-refractivity contribution in [2.75, 3.05) is 5.75 Å². The molecule has 0 radical (unpaired) electrons. The number of benzene rings is 1. The summed E-state index contributed by atoms with van der Waals surface area (Å²) in [4.78, 5) is 11.9. The summed E-state index contributed by atoms with van der Waals surface area (Å²) in [5, 5.41) is 12.4. The van der Waals surface area contributed by atoms with E-state index in [1.807, 2.05) is 13.8 Å². The predicted molar refractivity (Wildman–Crippen MR) is 102 cm³/mol. The maximum absolute atomic E-state index is 11.9. The van der Waals surface area contributed by atoms with E-state index in [4.69, 9.17) is 0 Å². The van der Waals surface area contributed by atoms with Gasteiger partial charge >= 0.3 is 0 Å². The first kappa shape index (κ1) is 18.0. The van der Waals surface area contributed by atoms with Gasteiger partial charge in [0.05, 0.1) is 5.75 Å². The van der Waals surface area contributed by atoms with Crippen LogP contribution in [0.2, 0.25) is 0 Å². The van der Waals surface area contributed by atoms with Gasteiger partial charge < -0.3 is 9.88 Å². The fourth-order valence-electron chi connectivity index (χ4n) is 3.26. The molecule has 2 aromatic rings. The van der Waals surface area contributed by atoms with Crippen molar-refractivity contribution in [3.05, 3.63) is 29.3 Å². The Morgan fingerprint density at radius 3 is 2.72 bits per heavy atom. The van der Waals surface area contributed by atoms with E-state index in [1.165, 1.54) is 42.2 Å². The van der Waals surface area contributed by atoms with E-state index in [2.05, 4.69) is 45.2 Å². The molecule has 0 fully saturated rings. The van der Waals surface area contributed by atoms with Crippen molar-refractivity contribution >= 4 is 17.7 Å². The Labute approximate surface area is 153 Å². The molecule has 1 heterocycles. The highest BCUT2D eigenvalue weighted by molar-refractivity contribution is 7.99. The van der Waals surface area contributed by atoms with Crippen LogP contribution in [0.1, 0.15) is 44.7 Å². The molecule has 1 N–H and O–H groups in total. The molecule has 25 heavy (non-hydrogen) atoms. The largest absolute Gasteiger partial charge is 0.353 e. The average molecular weight is 359 g/mol. The quantitative estimate of drug-likeness (QED) is 0.804. The lowest BCUT2D eigenvalue weighted by Gasteiger charge is -2.16. The monoisotopic (exact) mass is 358 g/mol. The molecule has 0 bridgehead atoms. The van der Waals surface area contributed by atoms with E-state index in [9.17, 15) is 4.79 Å². The summed E-state index contributed by atoms with van der Waals surface area (Å²) >= 11 is 1.44. The Morgan fingerprint density at radius 1 is 1.24 bits per heavy atom. The average Bonchev–Trinajstić information content (AvgIpc) is 3.02. The van der Waals surface area contributed by atoms with Gasteiger partial charge in [-0.15, -0.1) is 10.2 Å². The number of nitrogens with one attached hydrogen (secondary N) is 1. The Bertz CT molecular complexity index is 754. The van der Waals surface area contributed by atoms with Gasteiger partial charge in [0, 0.05) is 18.2 Å². The van der Waals surface area contributed by atoms with Gasteiger partial charge in [-0.2, -0.15) is 0 Å². The van der Waals surface area contributed by atoms with Crippen LogP contribution >= 0.6 is 11.8 Å². The molecule has 0 aliphatic heterocycles. The summed E-state index contributed by atoms with van der Waals surface area (Å²) in [5.74, 6) is 1.28. The lowest BCUT2D eigenvalue weighted by molar-refractivity contribution is -0.119. The van der Waals surface area contributed by atoms with Crippen LogP contribution in [0, 0.1) is 0 Å². The lowest BCUT2D eigenvalue weighted by atomic mass is 9.90. The zero-order valence-electron chi connectivity index (χ0n) is 15.2. The van der Waals surface area contributed by atoms with E-state index in [-0.39, 0.29) is 11.9 Å². The second-order valence-corrected chi connectivity index (χ2v) is 7.69. The Hall–Kier alpha value is -1.82. The molecule has 1 aliphatic carbocycles. The summed E-state index contributed by atoms with van der Waals surface area (Å²) in [6, 6.07) is 6.81. The molecule has 134 valence electrons. The van der Waals surface area contributed by atoms with Gasteiger partial charge in [0.25, 0.3) is 0 Å². The van der Waals surface area contributed by atoms with E-state index < -0.39 is 0 Å². The predicted octanol–water partition coefficient (Wildman–Crippen LogP) is 3.46. The summed E-state index contributed by atoms with van der Waals surface area (Å²) in [6.45, 7) is 6.80. The summed E-state index contributed by atoms with van der Waals surface area (Å²) < 4.78 is 2.10. The van der Waals surface area contributed by atoms with Crippen LogP contribution in [0.4, 0.5) is 0 Å². The summed E-state index contributed by atoms with van der Waals surface area (Å²) in [5.41, 5.74) is 4.03. The molecule has 3 rings (SSSR count). The van der Waals surface area contributed by atoms with Crippen LogP contribution in [0.15, 0.2) is 23.4 Å². The normalized spacial score (nSPS) is 13.8. The van der Waals surface area contributed by atoms with Crippen molar-refractivity contribution in [3.63, 3.8) is 0 Å². The first-order valence-corrected chi connectivity index (χ1v) is 10.0. The molecule has 1 amide bonds. The van der Waals surface area contributed by atoms with Crippen molar-refractivity contribution in [3.8, 4) is 11.4 Å². The van der Waals surface area contributed by atoms with Crippen LogP contribution in [-0.4, -0.2) is 32.5 Å². The number of rotatable bonds is 6. The number of aromatic nitrogens is 3. The molecule has 1 aromatic carbocycles. The van der Waals surface area contributed by atoms with E-state index in [0.717, 1.165) is 29.5 Å². The van der Waals surface area contributed by atoms with Gasteiger partial charge in [0.1, 0.15) is 0 Å². The zero-order valence-corrected chi connectivity index (χ0v) is 16.0. The van der Waals surface area contributed by atoms with Gasteiger partial charge in [-0.3, -0.25) is 4.79 Å². The molecular formula is C19H26N4OS. The minimum absolute atomic E-state index is 0.0287. The second-order valence-electron chi connectivity index (χ2n) is 6.75. The molecule has 0 saturated carbocycles. The summed E-state index contributed by atoms with van der Waals surface area (Å²) in [6.07, 6.45) is 4.89. The number of aryl methyl sites for hydroxylation is 2. The molecule has 1 aliphatic rings. The fourth-order valence-corrected chi connectivity index (χ4v) is 4.07. The number of amides is 1. The maximum atomic E-state index is 11.9. The van der Waals surface area contributed by atoms with Gasteiger partial charge in [-0.1, -0.05) is 23.9 Å². The number of carbonyl (C=O) groups excluding carboxylic acids is 1. The van der Waals surface area contributed by atoms with Gasteiger partial charge in [0.2, 0.25) is 5.91 Å². The Morgan fingerprint density at radius 2 is 2.00 bits per heavy atom. The lowest BCUT2D eigenvalue weighted by Crippen LogP contribution is -2.31. The highest BCUT2D eigenvalue weighted by Gasteiger charge is 2.17.